The van der Waals surface area contributed by atoms with Gasteiger partial charge in [-0.1, -0.05) is 19.3 Å². The van der Waals surface area contributed by atoms with Gasteiger partial charge in [-0.25, -0.2) is 0 Å². The predicted octanol–water partition coefficient (Wildman–Crippen LogP) is 2.21. The summed E-state index contributed by atoms with van der Waals surface area (Å²) in [5, 5.41) is 3.34. The van der Waals surface area contributed by atoms with Crippen LogP contribution in [0.1, 0.15) is 39.0 Å². The Morgan fingerprint density at radius 1 is 1.25 bits per heavy atom. The molecule has 2 atom stereocenters. The van der Waals surface area contributed by atoms with Gasteiger partial charge in [0.2, 0.25) is 0 Å². The van der Waals surface area contributed by atoms with E-state index in [1.165, 1.54) is 32.1 Å². The molecule has 3 heteroatoms. The highest BCUT2D eigenvalue weighted by Gasteiger charge is 2.30. The minimum absolute atomic E-state index is 0.315. The molecule has 96 valence electrons. The minimum atomic E-state index is 0.315. The Morgan fingerprint density at radius 3 is 2.44 bits per heavy atom. The molecule has 1 aliphatic carbocycles. The highest BCUT2D eigenvalue weighted by atomic mass is 16.5. The van der Waals surface area contributed by atoms with E-state index in [9.17, 15) is 0 Å². The third-order valence-corrected chi connectivity index (χ3v) is 3.59. The molecule has 1 fully saturated rings. The van der Waals surface area contributed by atoms with Crippen molar-refractivity contribution < 1.29 is 9.47 Å². The van der Waals surface area contributed by atoms with Crippen LogP contribution in [0.5, 0.6) is 0 Å². The van der Waals surface area contributed by atoms with Crippen LogP contribution in [0, 0.1) is 5.92 Å². The molecule has 0 amide bonds. The Kier molecular flexibility index (Phi) is 7.01. The van der Waals surface area contributed by atoms with Crippen LogP contribution in [0.4, 0.5) is 0 Å². The third-order valence-electron chi connectivity index (χ3n) is 3.59. The Morgan fingerprint density at radius 2 is 1.94 bits per heavy atom. The Balaban J connectivity index is 2.54. The van der Waals surface area contributed by atoms with Gasteiger partial charge in [-0.3, -0.25) is 0 Å². The molecule has 2 unspecified atom stereocenters. The number of likely N-dealkylation sites (N-methyl/N-ethyl adjacent to an activating group) is 1. The maximum atomic E-state index is 5.94. The standard InChI is InChI=1S/C13H27NO2/c1-4-16-13(12(14-2)10-15-3)11-8-6-5-7-9-11/h11-14H,4-10H2,1-3H3. The summed E-state index contributed by atoms with van der Waals surface area (Å²) in [5.74, 6) is 0.710. The van der Waals surface area contributed by atoms with E-state index < -0.39 is 0 Å². The highest BCUT2D eigenvalue weighted by Crippen LogP contribution is 2.29. The zero-order valence-electron chi connectivity index (χ0n) is 11.0. The number of rotatable bonds is 7. The number of nitrogens with one attached hydrogen (secondary N) is 1. The van der Waals surface area contributed by atoms with Crippen molar-refractivity contribution in [1.82, 2.24) is 5.32 Å². The van der Waals surface area contributed by atoms with Crippen molar-refractivity contribution in [1.29, 1.82) is 0 Å². The van der Waals surface area contributed by atoms with Gasteiger partial charge in [-0.15, -0.1) is 0 Å². The lowest BCUT2D eigenvalue weighted by Gasteiger charge is -2.35. The second-order valence-electron chi connectivity index (χ2n) is 4.67. The smallest absolute Gasteiger partial charge is 0.0778 e. The van der Waals surface area contributed by atoms with Crippen LogP contribution in [-0.2, 0) is 9.47 Å². The van der Waals surface area contributed by atoms with Crippen LogP contribution in [-0.4, -0.2) is 39.5 Å². The molecule has 0 saturated heterocycles. The van der Waals surface area contributed by atoms with Gasteiger partial charge in [0, 0.05) is 13.7 Å². The topological polar surface area (TPSA) is 30.5 Å². The van der Waals surface area contributed by atoms with E-state index in [1.807, 2.05) is 7.05 Å². The van der Waals surface area contributed by atoms with Gasteiger partial charge in [0.15, 0.2) is 0 Å². The number of hydrogen-bond donors (Lipinski definition) is 1. The van der Waals surface area contributed by atoms with Gasteiger partial charge < -0.3 is 14.8 Å². The predicted molar refractivity (Wildman–Crippen MR) is 66.7 cm³/mol. The molecule has 0 radical (unpaired) electrons. The maximum Gasteiger partial charge on any atom is 0.0778 e. The molecule has 0 spiro atoms. The van der Waals surface area contributed by atoms with Crippen LogP contribution < -0.4 is 5.32 Å². The molecule has 3 nitrogen and oxygen atoms in total. The van der Waals surface area contributed by atoms with Crippen molar-refractivity contribution in [3.8, 4) is 0 Å². The summed E-state index contributed by atoms with van der Waals surface area (Å²) < 4.78 is 11.2. The molecular weight excluding hydrogens is 202 g/mol. The average Bonchev–Trinajstić information content (AvgIpc) is 2.35. The van der Waals surface area contributed by atoms with Gasteiger partial charge in [-0.05, 0) is 32.7 Å². The van der Waals surface area contributed by atoms with Crippen molar-refractivity contribution in [2.24, 2.45) is 5.92 Å². The second kappa shape index (κ2) is 8.04. The minimum Gasteiger partial charge on any atom is -0.383 e. The summed E-state index contributed by atoms with van der Waals surface area (Å²) >= 11 is 0. The van der Waals surface area contributed by atoms with Gasteiger partial charge in [0.25, 0.3) is 0 Å². The summed E-state index contributed by atoms with van der Waals surface area (Å²) in [6.45, 7) is 3.61. The Bertz CT molecular complexity index is 165. The van der Waals surface area contributed by atoms with Crippen LogP contribution in [0.3, 0.4) is 0 Å². The second-order valence-corrected chi connectivity index (χ2v) is 4.67. The molecule has 1 saturated carbocycles. The molecule has 0 aromatic carbocycles. The van der Waals surface area contributed by atoms with Crippen molar-refractivity contribution in [2.45, 2.75) is 51.2 Å². The molecule has 1 N–H and O–H groups in total. The molecule has 0 bridgehead atoms. The number of methoxy groups -OCH3 is 1. The molecule has 1 rings (SSSR count). The summed E-state index contributed by atoms with van der Waals surface area (Å²) in [5.41, 5.74) is 0. The highest BCUT2D eigenvalue weighted by molar-refractivity contribution is 4.84. The van der Waals surface area contributed by atoms with E-state index in [0.717, 1.165) is 13.2 Å². The largest absolute Gasteiger partial charge is 0.383 e. The zero-order chi connectivity index (χ0) is 11.8. The lowest BCUT2D eigenvalue weighted by Crippen LogP contribution is -2.47. The van der Waals surface area contributed by atoms with E-state index in [0.29, 0.717) is 18.1 Å². The molecule has 0 aliphatic heterocycles. The van der Waals surface area contributed by atoms with E-state index in [-0.39, 0.29) is 0 Å². The first kappa shape index (κ1) is 13.9. The molecule has 0 heterocycles. The first-order chi connectivity index (χ1) is 7.83. The average molecular weight is 229 g/mol. The maximum absolute atomic E-state index is 5.94. The van der Waals surface area contributed by atoms with E-state index in [1.54, 1.807) is 7.11 Å². The summed E-state index contributed by atoms with van der Waals surface area (Å²) in [4.78, 5) is 0. The Hall–Kier alpha value is -0.120. The van der Waals surface area contributed by atoms with Crippen LogP contribution in [0.15, 0.2) is 0 Å². The fraction of sp³-hybridized carbons (Fsp3) is 1.00. The van der Waals surface area contributed by atoms with Crippen LogP contribution in [0.25, 0.3) is 0 Å². The number of hydrogen-bond acceptors (Lipinski definition) is 3. The fourth-order valence-corrected chi connectivity index (χ4v) is 2.76. The molecule has 1 aliphatic rings. The lowest BCUT2D eigenvalue weighted by molar-refractivity contribution is -0.0327. The quantitative estimate of drug-likeness (QED) is 0.726. The molecule has 16 heavy (non-hydrogen) atoms. The van der Waals surface area contributed by atoms with Crippen molar-refractivity contribution in [3.05, 3.63) is 0 Å². The number of ether oxygens (including phenoxy) is 2. The van der Waals surface area contributed by atoms with Gasteiger partial charge in [-0.2, -0.15) is 0 Å². The molecule has 0 aromatic heterocycles. The van der Waals surface area contributed by atoms with Gasteiger partial charge in [0.1, 0.15) is 0 Å². The zero-order valence-corrected chi connectivity index (χ0v) is 11.0. The van der Waals surface area contributed by atoms with Crippen molar-refractivity contribution in [2.75, 3.05) is 27.4 Å². The van der Waals surface area contributed by atoms with Crippen molar-refractivity contribution in [3.63, 3.8) is 0 Å². The summed E-state index contributed by atoms with van der Waals surface area (Å²) in [6.07, 6.45) is 7.05. The van der Waals surface area contributed by atoms with Gasteiger partial charge in [0.05, 0.1) is 18.8 Å². The van der Waals surface area contributed by atoms with E-state index in [4.69, 9.17) is 9.47 Å². The van der Waals surface area contributed by atoms with Gasteiger partial charge >= 0.3 is 0 Å². The van der Waals surface area contributed by atoms with E-state index in [2.05, 4.69) is 12.2 Å². The summed E-state index contributed by atoms with van der Waals surface area (Å²) in [7, 11) is 3.76. The molecule has 0 aromatic rings. The normalized spacial score (nSPS) is 21.9. The van der Waals surface area contributed by atoms with Crippen molar-refractivity contribution >= 4 is 0 Å². The molecular formula is C13H27NO2. The summed E-state index contributed by atoms with van der Waals surface area (Å²) in [6, 6.07) is 0.327. The Labute approximate surface area is 99.9 Å². The van der Waals surface area contributed by atoms with E-state index >= 15 is 0 Å². The SMILES string of the molecule is CCOC(C1CCCCC1)C(COC)NC. The monoisotopic (exact) mass is 229 g/mol. The first-order valence-electron chi connectivity index (χ1n) is 6.61. The third kappa shape index (κ3) is 4.04. The van der Waals surface area contributed by atoms with Crippen LogP contribution in [0.2, 0.25) is 0 Å². The van der Waals surface area contributed by atoms with Crippen LogP contribution >= 0.6 is 0 Å². The first-order valence-corrected chi connectivity index (χ1v) is 6.61. The lowest BCUT2D eigenvalue weighted by atomic mass is 9.82. The fourth-order valence-electron chi connectivity index (χ4n) is 2.76.